The van der Waals surface area contributed by atoms with E-state index in [1.54, 1.807) is 6.92 Å². The number of nitrogens with one attached hydrogen (secondary N) is 2. The maximum Gasteiger partial charge on any atom is 0.418 e. The molecule has 0 spiro atoms. The van der Waals surface area contributed by atoms with Gasteiger partial charge >= 0.3 is 6.18 Å². The van der Waals surface area contributed by atoms with E-state index >= 15 is 0 Å². The van der Waals surface area contributed by atoms with E-state index < -0.39 is 40.5 Å². The second-order valence-corrected chi connectivity index (χ2v) is 7.88. The van der Waals surface area contributed by atoms with E-state index in [4.69, 9.17) is 17.3 Å². The van der Waals surface area contributed by atoms with Gasteiger partial charge in [-0.15, -0.1) is 11.3 Å². The maximum absolute atomic E-state index is 13.0. The Morgan fingerprint density at radius 1 is 1.06 bits per heavy atom. The number of rotatable bonds is 6. The summed E-state index contributed by atoms with van der Waals surface area (Å²) < 4.78 is 38.9. The third kappa shape index (κ3) is 5.78. The predicted molar refractivity (Wildman–Crippen MR) is 111 cm³/mol. The third-order valence-electron chi connectivity index (χ3n) is 4.02. The van der Waals surface area contributed by atoms with E-state index in [0.29, 0.717) is 11.1 Å². The number of hydrogen-bond acceptors (Lipinski definition) is 8. The van der Waals surface area contributed by atoms with Gasteiger partial charge in [0.2, 0.25) is 0 Å². The summed E-state index contributed by atoms with van der Waals surface area (Å²) in [5, 5.41) is 4.57. The molecule has 0 unspecified atom stereocenters. The molecule has 4 N–H and O–H groups in total. The molecule has 0 aliphatic carbocycles. The Morgan fingerprint density at radius 2 is 1.76 bits per heavy atom. The van der Waals surface area contributed by atoms with Gasteiger partial charge in [0.1, 0.15) is 33.4 Å². The van der Waals surface area contributed by atoms with Crippen molar-refractivity contribution in [3.63, 3.8) is 0 Å². The smallest absolute Gasteiger partial charge is 0.364 e. The minimum Gasteiger partial charge on any atom is -0.364 e. The van der Waals surface area contributed by atoms with Crippen LogP contribution in [0.25, 0.3) is 0 Å². The van der Waals surface area contributed by atoms with Crippen LogP contribution in [0.15, 0.2) is 30.9 Å². The molecule has 3 aromatic heterocycles. The molecule has 172 valence electrons. The van der Waals surface area contributed by atoms with Gasteiger partial charge in [0.25, 0.3) is 17.7 Å². The largest absolute Gasteiger partial charge is 0.418 e. The number of aromatic nitrogens is 4. The van der Waals surface area contributed by atoms with Gasteiger partial charge in [-0.2, -0.15) is 13.2 Å². The fraction of sp³-hybridized carbons (Fsp3) is 0.167. The number of pyridine rings is 1. The number of primary amides is 1. The highest BCUT2D eigenvalue weighted by molar-refractivity contribution is 7.13. The van der Waals surface area contributed by atoms with E-state index in [0.717, 1.165) is 29.9 Å². The summed E-state index contributed by atoms with van der Waals surface area (Å²) in [5.41, 5.74) is 3.74. The van der Waals surface area contributed by atoms with Gasteiger partial charge in [-0.1, -0.05) is 11.6 Å². The van der Waals surface area contributed by atoms with Crippen molar-refractivity contribution in [2.75, 3.05) is 5.32 Å². The minimum atomic E-state index is -4.72. The molecule has 3 amide bonds. The van der Waals surface area contributed by atoms with Gasteiger partial charge in [0.15, 0.2) is 0 Å². The zero-order valence-electron chi connectivity index (χ0n) is 16.5. The molecule has 0 aliphatic rings. The van der Waals surface area contributed by atoms with Crippen LogP contribution < -0.4 is 16.4 Å². The number of alkyl halides is 3. The molecule has 3 rings (SSSR count). The summed E-state index contributed by atoms with van der Waals surface area (Å²) in [6, 6.07) is 1.08. The lowest BCUT2D eigenvalue weighted by atomic mass is 10.2. The van der Waals surface area contributed by atoms with Crippen molar-refractivity contribution in [3.05, 3.63) is 62.7 Å². The molecule has 3 heterocycles. The first-order chi connectivity index (χ1) is 15.5. The van der Waals surface area contributed by atoms with Crippen molar-refractivity contribution in [1.82, 2.24) is 25.3 Å². The number of nitrogens with two attached hydrogens (primary N) is 1. The third-order valence-corrected chi connectivity index (χ3v) is 5.50. The summed E-state index contributed by atoms with van der Waals surface area (Å²) >= 11 is 6.42. The molecule has 15 heteroatoms. The van der Waals surface area contributed by atoms with Crippen molar-refractivity contribution in [3.8, 4) is 0 Å². The van der Waals surface area contributed by atoms with Crippen LogP contribution in [0, 0.1) is 0 Å². The molecule has 33 heavy (non-hydrogen) atoms. The number of anilines is 1. The summed E-state index contributed by atoms with van der Waals surface area (Å²) in [6.45, 7) is 1.59. The lowest BCUT2D eigenvalue weighted by Gasteiger charge is -2.11. The molecule has 1 atom stereocenters. The number of hydrogen-bond donors (Lipinski definition) is 3. The Kier molecular flexibility index (Phi) is 6.88. The second kappa shape index (κ2) is 9.46. The monoisotopic (exact) mass is 499 g/mol. The normalized spacial score (nSPS) is 12.2. The van der Waals surface area contributed by atoms with Crippen LogP contribution in [0.5, 0.6) is 0 Å². The Labute approximate surface area is 192 Å². The van der Waals surface area contributed by atoms with Gasteiger partial charge in [-0.05, 0) is 13.0 Å². The molecule has 3 aromatic rings. The van der Waals surface area contributed by atoms with Crippen LogP contribution in [0.4, 0.5) is 19.0 Å². The second-order valence-electron chi connectivity index (χ2n) is 6.41. The molecule has 0 saturated carbocycles. The first-order valence-electron chi connectivity index (χ1n) is 8.88. The number of nitrogens with zero attached hydrogens (tertiary/aromatic N) is 4. The van der Waals surface area contributed by atoms with Gasteiger partial charge in [-0.25, -0.2) is 19.9 Å². The first-order valence-corrected chi connectivity index (χ1v) is 10.1. The predicted octanol–water partition coefficient (Wildman–Crippen LogP) is 2.84. The van der Waals surface area contributed by atoms with Crippen molar-refractivity contribution in [2.24, 2.45) is 5.73 Å². The van der Waals surface area contributed by atoms with Gasteiger partial charge in [0, 0.05) is 12.3 Å². The Bertz CT molecular complexity index is 1230. The van der Waals surface area contributed by atoms with Crippen LogP contribution in [-0.2, 0) is 6.18 Å². The fourth-order valence-electron chi connectivity index (χ4n) is 2.44. The van der Waals surface area contributed by atoms with E-state index in [1.807, 2.05) is 0 Å². The Balaban J connectivity index is 1.69. The molecular weight excluding hydrogens is 487 g/mol. The molecule has 0 aromatic carbocycles. The van der Waals surface area contributed by atoms with Crippen LogP contribution in [0.1, 0.15) is 54.2 Å². The minimum absolute atomic E-state index is 0.0643. The van der Waals surface area contributed by atoms with E-state index in [-0.39, 0.29) is 22.1 Å². The molecule has 0 bridgehead atoms. The fourth-order valence-corrected chi connectivity index (χ4v) is 3.47. The molecule has 0 saturated heterocycles. The molecule has 0 fully saturated rings. The van der Waals surface area contributed by atoms with Crippen molar-refractivity contribution < 1.29 is 27.6 Å². The number of carbonyl (C=O) groups is 3. The zero-order valence-corrected chi connectivity index (χ0v) is 18.0. The van der Waals surface area contributed by atoms with Crippen molar-refractivity contribution >= 4 is 46.5 Å². The summed E-state index contributed by atoms with van der Waals surface area (Å²) in [5.74, 6) is -2.56. The standard InChI is InChI=1S/C18H13ClF3N7O3S/c1-7(28-15(31)11-3-10(14(23)30)26-6-27-11)17-25-5-12(33-17)16(32)29-13-2-8(18(20,21)22)9(19)4-24-13/h2-7H,1H3,(H2,23,30)(H,28,31)(H,24,29,32)/t7-/m1/s1. The highest BCUT2D eigenvalue weighted by Crippen LogP contribution is 2.35. The summed E-state index contributed by atoms with van der Waals surface area (Å²) in [4.78, 5) is 51.2. The summed E-state index contributed by atoms with van der Waals surface area (Å²) in [7, 11) is 0. The molecule has 10 nitrogen and oxygen atoms in total. The van der Waals surface area contributed by atoms with Gasteiger partial charge in [-0.3, -0.25) is 14.4 Å². The molecule has 0 radical (unpaired) electrons. The van der Waals surface area contributed by atoms with Crippen molar-refractivity contribution in [1.29, 1.82) is 0 Å². The van der Waals surface area contributed by atoms with Gasteiger partial charge < -0.3 is 16.4 Å². The van der Waals surface area contributed by atoms with Crippen LogP contribution in [0.3, 0.4) is 0 Å². The maximum atomic E-state index is 13.0. The summed E-state index contributed by atoms with van der Waals surface area (Å²) in [6.07, 6.45) is -1.71. The van der Waals surface area contributed by atoms with E-state index in [1.165, 1.54) is 6.20 Å². The average Bonchev–Trinajstić information content (AvgIpc) is 3.25. The lowest BCUT2D eigenvalue weighted by Crippen LogP contribution is -2.28. The quantitative estimate of drug-likeness (QED) is 0.471. The number of halogens is 4. The highest BCUT2D eigenvalue weighted by atomic mass is 35.5. The number of thiazole rings is 1. The highest BCUT2D eigenvalue weighted by Gasteiger charge is 2.34. The molecule has 0 aliphatic heterocycles. The van der Waals surface area contributed by atoms with Crippen molar-refractivity contribution in [2.45, 2.75) is 19.1 Å². The lowest BCUT2D eigenvalue weighted by molar-refractivity contribution is -0.137. The van der Waals surface area contributed by atoms with E-state index in [9.17, 15) is 27.6 Å². The SMILES string of the molecule is C[C@@H](NC(=O)c1cc(C(N)=O)ncn1)c1ncc(C(=O)Nc2cc(C(F)(F)F)c(Cl)cn2)s1. The van der Waals surface area contributed by atoms with Crippen LogP contribution >= 0.6 is 22.9 Å². The average molecular weight is 500 g/mol. The Hall–Kier alpha value is -3.65. The van der Waals surface area contributed by atoms with Gasteiger partial charge in [0.05, 0.1) is 22.8 Å². The number of amides is 3. The van der Waals surface area contributed by atoms with E-state index in [2.05, 4.69) is 30.6 Å². The number of carbonyl (C=O) groups excluding carboxylic acids is 3. The topological polar surface area (TPSA) is 153 Å². The molecular formula is C18H13ClF3N7O3S. The first kappa shape index (κ1) is 24.0. The Morgan fingerprint density at radius 3 is 2.42 bits per heavy atom. The zero-order chi connectivity index (χ0) is 24.3. The van der Waals surface area contributed by atoms with Crippen LogP contribution in [0.2, 0.25) is 5.02 Å². The van der Waals surface area contributed by atoms with Crippen LogP contribution in [-0.4, -0.2) is 37.7 Å².